The summed E-state index contributed by atoms with van der Waals surface area (Å²) in [5.41, 5.74) is 4.21. The third-order valence-electron chi connectivity index (χ3n) is 2.30. The van der Waals surface area contributed by atoms with Gasteiger partial charge >= 0.3 is 0 Å². The van der Waals surface area contributed by atoms with Gasteiger partial charge in [0.1, 0.15) is 0 Å². The molecule has 1 amide bonds. The number of halogens is 1. The summed E-state index contributed by atoms with van der Waals surface area (Å²) in [5, 5.41) is 4.54. The van der Waals surface area contributed by atoms with E-state index in [0.717, 1.165) is 11.4 Å². The Bertz CT molecular complexity index is 572. The third-order valence-corrected chi connectivity index (χ3v) is 2.56. The zero-order valence-electron chi connectivity index (χ0n) is 9.80. The minimum absolute atomic E-state index is 0.198. The minimum atomic E-state index is -0.198. The SMILES string of the molecule is CC(=O)N/N=C\c1cccn1-c1ccc(Cl)cc1. The maximum atomic E-state index is 10.7. The normalized spacial score (nSPS) is 10.8. The fourth-order valence-corrected chi connectivity index (χ4v) is 1.65. The standard InChI is InChI=1S/C13H12ClN3O/c1-10(18)16-15-9-13-3-2-8-17(13)12-6-4-11(14)5-7-12/h2-9H,1H3,(H,16,18)/b15-9-. The molecule has 2 aromatic rings. The predicted molar refractivity (Wildman–Crippen MR) is 72.2 cm³/mol. The second kappa shape index (κ2) is 5.51. The Balaban J connectivity index is 2.24. The van der Waals surface area contributed by atoms with Gasteiger partial charge in [0.15, 0.2) is 0 Å². The molecule has 0 aliphatic rings. The molecule has 4 nitrogen and oxygen atoms in total. The number of benzene rings is 1. The highest BCUT2D eigenvalue weighted by Crippen LogP contribution is 2.15. The fourth-order valence-electron chi connectivity index (χ4n) is 1.53. The van der Waals surface area contributed by atoms with Crippen LogP contribution < -0.4 is 5.43 Å². The molecule has 0 aliphatic heterocycles. The number of nitrogens with one attached hydrogen (secondary N) is 1. The molecule has 1 heterocycles. The summed E-state index contributed by atoms with van der Waals surface area (Å²) in [5.74, 6) is -0.198. The molecule has 0 aliphatic carbocycles. The fraction of sp³-hybridized carbons (Fsp3) is 0.0769. The number of nitrogens with zero attached hydrogens (tertiary/aromatic N) is 2. The summed E-state index contributed by atoms with van der Waals surface area (Å²) in [7, 11) is 0. The average Bonchev–Trinajstić information content (AvgIpc) is 2.78. The highest BCUT2D eigenvalue weighted by Gasteiger charge is 2.00. The quantitative estimate of drug-likeness (QED) is 0.670. The van der Waals surface area contributed by atoms with Crippen molar-refractivity contribution in [3.63, 3.8) is 0 Å². The van der Waals surface area contributed by atoms with Gasteiger partial charge in [0, 0.05) is 23.8 Å². The van der Waals surface area contributed by atoms with Gasteiger partial charge in [-0.25, -0.2) is 5.43 Å². The highest BCUT2D eigenvalue weighted by atomic mass is 35.5. The molecule has 1 aromatic heterocycles. The molecule has 0 bridgehead atoms. The van der Waals surface area contributed by atoms with E-state index < -0.39 is 0 Å². The van der Waals surface area contributed by atoms with Crippen LogP contribution >= 0.6 is 11.6 Å². The lowest BCUT2D eigenvalue weighted by Gasteiger charge is -2.05. The molecule has 0 atom stereocenters. The molecule has 0 saturated carbocycles. The van der Waals surface area contributed by atoms with Crippen LogP contribution in [-0.4, -0.2) is 16.7 Å². The van der Waals surface area contributed by atoms with Crippen molar-refractivity contribution in [1.29, 1.82) is 0 Å². The van der Waals surface area contributed by atoms with Gasteiger partial charge in [-0.15, -0.1) is 0 Å². The van der Waals surface area contributed by atoms with Crippen LogP contribution in [0.25, 0.3) is 5.69 Å². The number of carbonyl (C=O) groups is 1. The van der Waals surface area contributed by atoms with Crippen LogP contribution in [-0.2, 0) is 4.79 Å². The highest BCUT2D eigenvalue weighted by molar-refractivity contribution is 6.30. The van der Waals surface area contributed by atoms with Crippen molar-refractivity contribution in [2.75, 3.05) is 0 Å². The van der Waals surface area contributed by atoms with Crippen molar-refractivity contribution >= 4 is 23.7 Å². The van der Waals surface area contributed by atoms with E-state index in [2.05, 4.69) is 10.5 Å². The van der Waals surface area contributed by atoms with Gasteiger partial charge < -0.3 is 4.57 Å². The Morgan fingerprint density at radius 1 is 1.33 bits per heavy atom. The number of carbonyl (C=O) groups excluding carboxylic acids is 1. The van der Waals surface area contributed by atoms with E-state index in [0.29, 0.717) is 5.02 Å². The molecular formula is C13H12ClN3O. The van der Waals surface area contributed by atoms with Crippen LogP contribution in [0.15, 0.2) is 47.7 Å². The van der Waals surface area contributed by atoms with E-state index >= 15 is 0 Å². The second-order valence-corrected chi connectivity index (χ2v) is 4.14. The van der Waals surface area contributed by atoms with Crippen LogP contribution in [0.5, 0.6) is 0 Å². The molecule has 0 saturated heterocycles. The molecule has 0 radical (unpaired) electrons. The lowest BCUT2D eigenvalue weighted by atomic mass is 10.3. The summed E-state index contributed by atoms with van der Waals surface area (Å²) in [4.78, 5) is 10.7. The Hall–Kier alpha value is -2.07. The maximum Gasteiger partial charge on any atom is 0.236 e. The molecule has 5 heteroatoms. The lowest BCUT2D eigenvalue weighted by molar-refractivity contribution is -0.118. The van der Waals surface area contributed by atoms with Crippen LogP contribution in [0, 0.1) is 0 Å². The summed E-state index contributed by atoms with van der Waals surface area (Å²) in [6, 6.07) is 11.3. The Morgan fingerprint density at radius 2 is 2.06 bits per heavy atom. The van der Waals surface area contributed by atoms with E-state index in [1.54, 1.807) is 6.21 Å². The van der Waals surface area contributed by atoms with E-state index in [4.69, 9.17) is 11.6 Å². The molecule has 92 valence electrons. The van der Waals surface area contributed by atoms with Gasteiger partial charge in [0.25, 0.3) is 0 Å². The zero-order chi connectivity index (χ0) is 13.0. The predicted octanol–water partition coefficient (Wildman–Crippen LogP) is 2.60. The van der Waals surface area contributed by atoms with E-state index in [1.165, 1.54) is 6.92 Å². The Labute approximate surface area is 110 Å². The van der Waals surface area contributed by atoms with Crippen molar-refractivity contribution in [3.8, 4) is 5.69 Å². The number of aromatic nitrogens is 1. The van der Waals surface area contributed by atoms with Gasteiger partial charge in [-0.05, 0) is 36.4 Å². The molecule has 18 heavy (non-hydrogen) atoms. The maximum absolute atomic E-state index is 10.7. The van der Waals surface area contributed by atoms with Crippen molar-refractivity contribution in [2.24, 2.45) is 5.10 Å². The van der Waals surface area contributed by atoms with Gasteiger partial charge in [-0.3, -0.25) is 4.79 Å². The first kappa shape index (κ1) is 12.4. The smallest absolute Gasteiger partial charge is 0.236 e. The first-order valence-corrected chi connectivity index (χ1v) is 5.77. The van der Waals surface area contributed by atoms with Gasteiger partial charge in [0.05, 0.1) is 11.9 Å². The van der Waals surface area contributed by atoms with E-state index in [-0.39, 0.29) is 5.91 Å². The lowest BCUT2D eigenvalue weighted by Crippen LogP contribution is -2.12. The topological polar surface area (TPSA) is 46.4 Å². The summed E-state index contributed by atoms with van der Waals surface area (Å²) >= 11 is 5.85. The number of rotatable bonds is 3. The molecule has 1 aromatic carbocycles. The van der Waals surface area contributed by atoms with Crippen molar-refractivity contribution in [2.45, 2.75) is 6.92 Å². The van der Waals surface area contributed by atoms with Crippen molar-refractivity contribution < 1.29 is 4.79 Å². The zero-order valence-corrected chi connectivity index (χ0v) is 10.6. The third kappa shape index (κ3) is 2.99. The first-order valence-electron chi connectivity index (χ1n) is 5.40. The molecule has 0 fully saturated rings. The monoisotopic (exact) mass is 261 g/mol. The number of hydrogen-bond donors (Lipinski definition) is 1. The van der Waals surface area contributed by atoms with Gasteiger partial charge in [-0.1, -0.05) is 11.6 Å². The minimum Gasteiger partial charge on any atom is -0.316 e. The van der Waals surface area contributed by atoms with Crippen LogP contribution in [0.4, 0.5) is 0 Å². The first-order chi connectivity index (χ1) is 8.66. The molecule has 2 rings (SSSR count). The number of amides is 1. The van der Waals surface area contributed by atoms with Crippen LogP contribution in [0.3, 0.4) is 0 Å². The van der Waals surface area contributed by atoms with Crippen LogP contribution in [0.2, 0.25) is 5.02 Å². The van der Waals surface area contributed by atoms with Crippen molar-refractivity contribution in [1.82, 2.24) is 9.99 Å². The second-order valence-electron chi connectivity index (χ2n) is 3.71. The molecular weight excluding hydrogens is 250 g/mol. The Kier molecular flexibility index (Phi) is 3.79. The van der Waals surface area contributed by atoms with Crippen molar-refractivity contribution in [3.05, 3.63) is 53.3 Å². The van der Waals surface area contributed by atoms with E-state index in [9.17, 15) is 4.79 Å². The summed E-state index contributed by atoms with van der Waals surface area (Å²) in [6.07, 6.45) is 3.51. The van der Waals surface area contributed by atoms with E-state index in [1.807, 2.05) is 47.2 Å². The largest absolute Gasteiger partial charge is 0.316 e. The molecule has 0 unspecified atom stereocenters. The molecule has 1 N–H and O–H groups in total. The molecule has 0 spiro atoms. The van der Waals surface area contributed by atoms with Crippen LogP contribution in [0.1, 0.15) is 12.6 Å². The van der Waals surface area contributed by atoms with Gasteiger partial charge in [-0.2, -0.15) is 5.10 Å². The number of hydrogen-bond acceptors (Lipinski definition) is 2. The number of hydrazone groups is 1. The summed E-state index contributed by atoms with van der Waals surface area (Å²) < 4.78 is 1.95. The Morgan fingerprint density at radius 3 is 2.72 bits per heavy atom. The summed E-state index contributed by atoms with van der Waals surface area (Å²) in [6.45, 7) is 1.41. The van der Waals surface area contributed by atoms with Gasteiger partial charge in [0.2, 0.25) is 5.91 Å². The average molecular weight is 262 g/mol.